The van der Waals surface area contributed by atoms with Gasteiger partial charge in [0.2, 0.25) is 5.89 Å². The van der Waals surface area contributed by atoms with Crippen LogP contribution in [0, 0.1) is 0 Å². The topological polar surface area (TPSA) is 60.2 Å². The van der Waals surface area contributed by atoms with E-state index in [2.05, 4.69) is 15.5 Å². The largest absolute Gasteiger partial charge is 0.368 e. The average molecular weight is 253 g/mol. The molecule has 5 heteroatoms. The fraction of sp³-hybridized carbons (Fsp3) is 0.846. The zero-order chi connectivity index (χ0) is 13.0. The van der Waals surface area contributed by atoms with Crippen LogP contribution < -0.4 is 5.32 Å². The Morgan fingerprint density at radius 1 is 1.39 bits per heavy atom. The first-order valence-corrected chi connectivity index (χ1v) is 6.82. The Kier molecular flexibility index (Phi) is 4.72. The highest BCUT2D eigenvalue weighted by atomic mass is 16.5. The van der Waals surface area contributed by atoms with Crippen molar-refractivity contribution in [2.75, 3.05) is 7.05 Å². The van der Waals surface area contributed by atoms with E-state index in [0.29, 0.717) is 24.4 Å². The number of nitrogens with zero attached hydrogens (tertiary/aromatic N) is 2. The molecule has 102 valence electrons. The average Bonchev–Trinajstić information content (AvgIpc) is 2.85. The molecule has 1 aliphatic carbocycles. The van der Waals surface area contributed by atoms with Gasteiger partial charge in [0.1, 0.15) is 6.61 Å². The summed E-state index contributed by atoms with van der Waals surface area (Å²) in [5.41, 5.74) is 0. The number of aromatic nitrogens is 2. The lowest BCUT2D eigenvalue weighted by Gasteiger charge is -2.30. The van der Waals surface area contributed by atoms with Crippen LogP contribution in [0.5, 0.6) is 0 Å². The van der Waals surface area contributed by atoms with Crippen LogP contribution in [0.4, 0.5) is 0 Å². The summed E-state index contributed by atoms with van der Waals surface area (Å²) in [5.74, 6) is 1.60. The van der Waals surface area contributed by atoms with Crippen molar-refractivity contribution in [3.8, 4) is 0 Å². The highest BCUT2D eigenvalue weighted by Crippen LogP contribution is 2.22. The van der Waals surface area contributed by atoms with Gasteiger partial charge in [-0.2, -0.15) is 4.98 Å². The first kappa shape index (κ1) is 13.5. The van der Waals surface area contributed by atoms with Crippen molar-refractivity contribution in [1.82, 2.24) is 15.5 Å². The number of nitrogens with one attached hydrogen (secondary N) is 1. The van der Waals surface area contributed by atoms with Crippen molar-refractivity contribution < 1.29 is 9.26 Å². The number of likely N-dealkylation sites (N-methyl/N-ethyl adjacent to an activating group) is 1. The van der Waals surface area contributed by atoms with Crippen LogP contribution in [0.25, 0.3) is 0 Å². The summed E-state index contributed by atoms with van der Waals surface area (Å²) in [6.45, 7) is 4.52. The minimum Gasteiger partial charge on any atom is -0.368 e. The maximum atomic E-state index is 5.92. The Morgan fingerprint density at radius 3 is 2.83 bits per heavy atom. The predicted molar refractivity (Wildman–Crippen MR) is 68.3 cm³/mol. The molecule has 0 amide bonds. The van der Waals surface area contributed by atoms with E-state index < -0.39 is 0 Å². The van der Waals surface area contributed by atoms with E-state index in [1.54, 1.807) is 0 Å². The maximum absolute atomic E-state index is 5.92. The monoisotopic (exact) mass is 253 g/mol. The Balaban J connectivity index is 1.85. The molecule has 0 radical (unpaired) electrons. The smallest absolute Gasteiger partial charge is 0.229 e. The molecule has 0 spiro atoms. The lowest BCUT2D eigenvalue weighted by atomic mass is 9.92. The Bertz CT molecular complexity index is 365. The molecule has 0 aliphatic heterocycles. The molecule has 1 N–H and O–H groups in total. The van der Waals surface area contributed by atoms with Crippen LogP contribution >= 0.6 is 0 Å². The normalized spacial score (nSPS) is 24.7. The molecule has 1 fully saturated rings. The van der Waals surface area contributed by atoms with Gasteiger partial charge in [-0.3, -0.25) is 0 Å². The SMILES string of the molecule is CNC1CCCCC1OCc1noc(C(C)C)n1. The summed E-state index contributed by atoms with van der Waals surface area (Å²) in [5, 5.41) is 7.27. The Hall–Kier alpha value is -0.940. The van der Waals surface area contributed by atoms with E-state index in [4.69, 9.17) is 9.26 Å². The van der Waals surface area contributed by atoms with Crippen LogP contribution in [0.15, 0.2) is 4.52 Å². The van der Waals surface area contributed by atoms with Gasteiger partial charge in [0.05, 0.1) is 6.10 Å². The van der Waals surface area contributed by atoms with Gasteiger partial charge in [0, 0.05) is 12.0 Å². The fourth-order valence-corrected chi connectivity index (χ4v) is 2.37. The maximum Gasteiger partial charge on any atom is 0.229 e. The third kappa shape index (κ3) is 3.29. The van der Waals surface area contributed by atoms with E-state index in [1.165, 1.54) is 19.3 Å². The molecule has 1 aromatic heterocycles. The minimum atomic E-state index is 0.268. The molecule has 18 heavy (non-hydrogen) atoms. The van der Waals surface area contributed by atoms with Crippen molar-refractivity contribution in [2.24, 2.45) is 0 Å². The molecule has 5 nitrogen and oxygen atoms in total. The van der Waals surface area contributed by atoms with Gasteiger partial charge in [-0.25, -0.2) is 0 Å². The van der Waals surface area contributed by atoms with Crippen molar-refractivity contribution >= 4 is 0 Å². The molecular formula is C13H23N3O2. The van der Waals surface area contributed by atoms with Crippen molar-refractivity contribution in [1.29, 1.82) is 0 Å². The molecule has 1 aromatic rings. The molecular weight excluding hydrogens is 230 g/mol. The Morgan fingerprint density at radius 2 is 2.17 bits per heavy atom. The number of hydrogen-bond acceptors (Lipinski definition) is 5. The van der Waals surface area contributed by atoms with Crippen molar-refractivity contribution in [3.05, 3.63) is 11.7 Å². The second-order valence-corrected chi connectivity index (χ2v) is 5.23. The van der Waals surface area contributed by atoms with Crippen LogP contribution in [0.2, 0.25) is 0 Å². The van der Waals surface area contributed by atoms with Gasteiger partial charge in [0.15, 0.2) is 5.82 Å². The summed E-state index contributed by atoms with van der Waals surface area (Å²) in [4.78, 5) is 4.32. The third-order valence-electron chi connectivity index (χ3n) is 3.48. The first-order chi connectivity index (χ1) is 8.70. The Labute approximate surface area is 108 Å². The summed E-state index contributed by atoms with van der Waals surface area (Å²) >= 11 is 0. The molecule has 2 unspecified atom stereocenters. The van der Waals surface area contributed by atoms with E-state index in [1.807, 2.05) is 20.9 Å². The lowest BCUT2D eigenvalue weighted by molar-refractivity contribution is -0.00715. The van der Waals surface area contributed by atoms with Gasteiger partial charge in [-0.15, -0.1) is 0 Å². The molecule has 0 saturated heterocycles. The molecule has 1 saturated carbocycles. The van der Waals surface area contributed by atoms with Gasteiger partial charge in [-0.05, 0) is 19.9 Å². The molecule has 2 atom stereocenters. The van der Waals surface area contributed by atoms with E-state index >= 15 is 0 Å². The highest BCUT2D eigenvalue weighted by Gasteiger charge is 2.24. The minimum absolute atomic E-state index is 0.268. The van der Waals surface area contributed by atoms with Crippen molar-refractivity contribution in [3.63, 3.8) is 0 Å². The summed E-state index contributed by atoms with van der Waals surface area (Å²) in [6.07, 6.45) is 5.09. The number of ether oxygens (including phenoxy) is 1. The summed E-state index contributed by atoms with van der Waals surface area (Å²) < 4.78 is 11.1. The summed E-state index contributed by atoms with van der Waals surface area (Å²) in [6, 6.07) is 0.454. The van der Waals surface area contributed by atoms with Gasteiger partial charge in [-0.1, -0.05) is 31.8 Å². The zero-order valence-corrected chi connectivity index (χ0v) is 11.5. The second-order valence-electron chi connectivity index (χ2n) is 5.23. The highest BCUT2D eigenvalue weighted by molar-refractivity contribution is 4.90. The van der Waals surface area contributed by atoms with Crippen LogP contribution in [0.1, 0.15) is 57.2 Å². The van der Waals surface area contributed by atoms with Gasteiger partial charge < -0.3 is 14.6 Å². The number of hydrogen-bond donors (Lipinski definition) is 1. The van der Waals surface area contributed by atoms with Gasteiger partial charge in [0.25, 0.3) is 0 Å². The van der Waals surface area contributed by atoms with Crippen LogP contribution in [0.3, 0.4) is 0 Å². The second kappa shape index (κ2) is 6.29. The summed E-state index contributed by atoms with van der Waals surface area (Å²) in [7, 11) is 2.00. The van der Waals surface area contributed by atoms with Crippen molar-refractivity contribution in [2.45, 2.75) is 64.2 Å². The molecule has 1 aliphatic rings. The lowest BCUT2D eigenvalue weighted by Crippen LogP contribution is -2.41. The standard InChI is InChI=1S/C13H23N3O2/c1-9(2)13-15-12(16-18-13)8-17-11-7-5-4-6-10(11)14-3/h9-11,14H,4-8H2,1-3H3. The van der Waals surface area contributed by atoms with E-state index in [0.717, 1.165) is 6.42 Å². The fourth-order valence-electron chi connectivity index (χ4n) is 2.37. The quantitative estimate of drug-likeness (QED) is 0.872. The number of rotatable bonds is 5. The molecule has 1 heterocycles. The molecule has 0 aromatic carbocycles. The zero-order valence-electron chi connectivity index (χ0n) is 11.5. The first-order valence-electron chi connectivity index (χ1n) is 6.82. The molecule has 2 rings (SSSR count). The third-order valence-corrected chi connectivity index (χ3v) is 3.48. The van der Waals surface area contributed by atoms with E-state index in [-0.39, 0.29) is 12.0 Å². The van der Waals surface area contributed by atoms with E-state index in [9.17, 15) is 0 Å². The van der Waals surface area contributed by atoms with Crippen LogP contribution in [-0.2, 0) is 11.3 Å². The molecule has 0 bridgehead atoms. The van der Waals surface area contributed by atoms with Gasteiger partial charge >= 0.3 is 0 Å². The predicted octanol–water partition coefficient (Wildman–Crippen LogP) is 2.24. The van der Waals surface area contributed by atoms with Crippen LogP contribution in [-0.4, -0.2) is 29.3 Å².